The number of halogens is 1. The number of benzene rings is 1. The molecule has 30 heavy (non-hydrogen) atoms. The maximum absolute atomic E-state index is 12.8. The zero-order valence-electron chi connectivity index (χ0n) is 15.9. The van der Waals surface area contributed by atoms with Crippen LogP contribution in [0.4, 0.5) is 5.69 Å². The maximum atomic E-state index is 12.8. The summed E-state index contributed by atoms with van der Waals surface area (Å²) >= 11 is 6.85. The van der Waals surface area contributed by atoms with Crippen LogP contribution in [0.3, 0.4) is 0 Å². The topological polar surface area (TPSA) is 104 Å². The SMILES string of the molecule is CN1C(=O)c2ccc(NC(=O)C3CCCN(S(=O)(=O)c4ccc(Cl)s4)C3)cc2C1=O. The van der Waals surface area contributed by atoms with Crippen molar-refractivity contribution in [2.24, 2.45) is 5.92 Å². The molecular formula is C19H18ClN3O5S2. The first-order chi connectivity index (χ1) is 14.2. The van der Waals surface area contributed by atoms with E-state index in [9.17, 15) is 22.8 Å². The summed E-state index contributed by atoms with van der Waals surface area (Å²) in [6, 6.07) is 7.54. The van der Waals surface area contributed by atoms with Gasteiger partial charge in [-0.1, -0.05) is 11.6 Å². The lowest BCUT2D eigenvalue weighted by atomic mass is 9.98. The lowest BCUT2D eigenvalue weighted by Crippen LogP contribution is -2.43. The molecule has 2 aliphatic rings. The molecule has 2 aliphatic heterocycles. The number of fused-ring (bicyclic) bond motifs is 1. The van der Waals surface area contributed by atoms with Crippen LogP contribution in [-0.4, -0.2) is 55.5 Å². The quantitative estimate of drug-likeness (QED) is 0.696. The molecule has 3 heterocycles. The van der Waals surface area contributed by atoms with E-state index in [4.69, 9.17) is 11.6 Å². The Morgan fingerprint density at radius 1 is 1.17 bits per heavy atom. The summed E-state index contributed by atoms with van der Waals surface area (Å²) in [4.78, 5) is 37.9. The Morgan fingerprint density at radius 2 is 1.90 bits per heavy atom. The van der Waals surface area contributed by atoms with Crippen LogP contribution in [-0.2, 0) is 14.8 Å². The van der Waals surface area contributed by atoms with Crippen molar-refractivity contribution >= 4 is 56.4 Å². The first-order valence-electron chi connectivity index (χ1n) is 9.21. The van der Waals surface area contributed by atoms with E-state index in [2.05, 4.69) is 5.32 Å². The molecule has 2 aromatic rings. The highest BCUT2D eigenvalue weighted by Crippen LogP contribution is 2.31. The number of piperidine rings is 1. The Labute approximate surface area is 182 Å². The highest BCUT2D eigenvalue weighted by atomic mass is 35.5. The second-order valence-electron chi connectivity index (χ2n) is 7.18. The Hall–Kier alpha value is -2.27. The van der Waals surface area contributed by atoms with E-state index >= 15 is 0 Å². The molecule has 0 spiro atoms. The van der Waals surface area contributed by atoms with E-state index in [0.717, 1.165) is 16.2 Å². The van der Waals surface area contributed by atoms with Crippen molar-refractivity contribution in [3.8, 4) is 0 Å². The number of sulfonamides is 1. The van der Waals surface area contributed by atoms with Crippen LogP contribution in [0, 0.1) is 5.92 Å². The van der Waals surface area contributed by atoms with Gasteiger partial charge < -0.3 is 5.32 Å². The molecule has 1 aromatic carbocycles. The number of nitrogens with one attached hydrogen (secondary N) is 1. The molecule has 1 N–H and O–H groups in total. The molecule has 0 aliphatic carbocycles. The molecule has 4 rings (SSSR count). The van der Waals surface area contributed by atoms with Gasteiger partial charge in [0.15, 0.2) is 0 Å². The molecule has 0 bridgehead atoms. The van der Waals surface area contributed by atoms with E-state index in [-0.39, 0.29) is 28.1 Å². The number of carbonyl (C=O) groups excluding carboxylic acids is 3. The number of anilines is 1. The second-order valence-corrected chi connectivity index (χ2v) is 11.1. The minimum absolute atomic E-state index is 0.0643. The van der Waals surface area contributed by atoms with Gasteiger partial charge in [0.25, 0.3) is 21.8 Å². The van der Waals surface area contributed by atoms with E-state index in [1.807, 2.05) is 0 Å². The van der Waals surface area contributed by atoms with Crippen molar-refractivity contribution in [2.75, 3.05) is 25.5 Å². The van der Waals surface area contributed by atoms with Gasteiger partial charge in [-0.15, -0.1) is 11.3 Å². The first kappa shape index (κ1) is 21.0. The summed E-state index contributed by atoms with van der Waals surface area (Å²) in [5.74, 6) is -1.66. The molecule has 1 fully saturated rings. The molecule has 1 aromatic heterocycles. The summed E-state index contributed by atoms with van der Waals surface area (Å²) in [5.41, 5.74) is 0.924. The minimum Gasteiger partial charge on any atom is -0.326 e. The normalized spacial score (nSPS) is 19.8. The van der Waals surface area contributed by atoms with Crippen LogP contribution >= 0.6 is 22.9 Å². The number of thiophene rings is 1. The van der Waals surface area contributed by atoms with Crippen molar-refractivity contribution < 1.29 is 22.8 Å². The number of amides is 3. The van der Waals surface area contributed by atoms with Crippen molar-refractivity contribution in [1.82, 2.24) is 9.21 Å². The molecule has 0 radical (unpaired) electrons. The summed E-state index contributed by atoms with van der Waals surface area (Å²) in [7, 11) is -2.30. The summed E-state index contributed by atoms with van der Waals surface area (Å²) in [6.07, 6.45) is 1.10. The largest absolute Gasteiger partial charge is 0.326 e. The Kier molecular flexibility index (Phi) is 5.43. The van der Waals surface area contributed by atoms with Gasteiger partial charge in [0.05, 0.1) is 21.4 Å². The van der Waals surface area contributed by atoms with Gasteiger partial charge in [0.2, 0.25) is 5.91 Å². The highest BCUT2D eigenvalue weighted by molar-refractivity contribution is 7.91. The van der Waals surface area contributed by atoms with Crippen LogP contribution in [0.15, 0.2) is 34.5 Å². The van der Waals surface area contributed by atoms with Crippen molar-refractivity contribution in [1.29, 1.82) is 0 Å². The van der Waals surface area contributed by atoms with Crippen LogP contribution in [0.2, 0.25) is 4.34 Å². The zero-order chi connectivity index (χ0) is 21.6. The van der Waals surface area contributed by atoms with Crippen LogP contribution in [0.5, 0.6) is 0 Å². The monoisotopic (exact) mass is 467 g/mol. The number of carbonyl (C=O) groups is 3. The molecule has 0 saturated carbocycles. The zero-order valence-corrected chi connectivity index (χ0v) is 18.3. The number of nitrogens with zero attached hydrogens (tertiary/aromatic N) is 2. The molecule has 3 amide bonds. The fraction of sp³-hybridized carbons (Fsp3) is 0.316. The third kappa shape index (κ3) is 3.64. The third-order valence-electron chi connectivity index (χ3n) is 5.25. The number of rotatable bonds is 4. The summed E-state index contributed by atoms with van der Waals surface area (Å²) in [6.45, 7) is 0.401. The number of hydrogen-bond acceptors (Lipinski definition) is 6. The fourth-order valence-electron chi connectivity index (χ4n) is 3.62. The Balaban J connectivity index is 1.48. The predicted molar refractivity (Wildman–Crippen MR) is 112 cm³/mol. The second kappa shape index (κ2) is 7.77. The van der Waals surface area contributed by atoms with Crippen molar-refractivity contribution in [2.45, 2.75) is 17.1 Å². The van der Waals surface area contributed by atoms with Gasteiger partial charge in [-0.3, -0.25) is 19.3 Å². The van der Waals surface area contributed by atoms with Crippen LogP contribution < -0.4 is 5.32 Å². The average molecular weight is 468 g/mol. The third-order valence-corrected chi connectivity index (χ3v) is 8.82. The standard InChI is InChI=1S/C19H18ClN3O5S2/c1-22-18(25)13-5-4-12(9-14(13)19(22)26)21-17(24)11-3-2-8-23(10-11)30(27,28)16-7-6-15(20)29-16/h4-7,9,11H,2-3,8,10H2,1H3,(H,21,24). The van der Waals surface area contributed by atoms with Gasteiger partial charge in [-0.25, -0.2) is 8.42 Å². The Morgan fingerprint density at radius 3 is 2.60 bits per heavy atom. The molecule has 8 nitrogen and oxygen atoms in total. The van der Waals surface area contributed by atoms with Gasteiger partial charge in [-0.2, -0.15) is 4.31 Å². The molecule has 1 saturated heterocycles. The smallest absolute Gasteiger partial charge is 0.261 e. The predicted octanol–water partition coefficient (Wildman–Crippen LogP) is 2.67. The van der Waals surface area contributed by atoms with Gasteiger partial charge >= 0.3 is 0 Å². The molecule has 11 heteroatoms. The maximum Gasteiger partial charge on any atom is 0.261 e. The molecular weight excluding hydrogens is 450 g/mol. The number of hydrogen-bond donors (Lipinski definition) is 1. The van der Waals surface area contributed by atoms with E-state index < -0.39 is 21.8 Å². The van der Waals surface area contributed by atoms with Crippen LogP contribution in [0.1, 0.15) is 33.6 Å². The van der Waals surface area contributed by atoms with Crippen LogP contribution in [0.25, 0.3) is 0 Å². The van der Waals surface area contributed by atoms with Gasteiger partial charge in [0.1, 0.15) is 4.21 Å². The van der Waals surface area contributed by atoms with Crippen molar-refractivity contribution in [3.05, 3.63) is 45.8 Å². The summed E-state index contributed by atoms with van der Waals surface area (Å²) < 4.78 is 27.5. The van der Waals surface area contributed by atoms with Gasteiger partial charge in [0, 0.05) is 25.8 Å². The van der Waals surface area contributed by atoms with E-state index in [1.54, 1.807) is 6.07 Å². The molecule has 1 unspecified atom stereocenters. The summed E-state index contributed by atoms with van der Waals surface area (Å²) in [5, 5.41) is 2.75. The highest BCUT2D eigenvalue weighted by Gasteiger charge is 2.35. The Bertz CT molecular complexity index is 1160. The van der Waals surface area contributed by atoms with Gasteiger partial charge in [-0.05, 0) is 43.2 Å². The van der Waals surface area contributed by atoms with E-state index in [1.165, 1.54) is 35.6 Å². The molecule has 1 atom stereocenters. The lowest BCUT2D eigenvalue weighted by Gasteiger charge is -2.30. The van der Waals surface area contributed by atoms with Crippen molar-refractivity contribution in [3.63, 3.8) is 0 Å². The van der Waals surface area contributed by atoms with E-state index in [0.29, 0.717) is 35.0 Å². The lowest BCUT2D eigenvalue weighted by molar-refractivity contribution is -0.120. The average Bonchev–Trinajstić information content (AvgIpc) is 3.26. The molecule has 158 valence electrons. The fourth-order valence-corrected chi connectivity index (χ4v) is 6.78. The number of imide groups is 1. The minimum atomic E-state index is -3.71. The first-order valence-corrected chi connectivity index (χ1v) is 11.8.